The summed E-state index contributed by atoms with van der Waals surface area (Å²) in [7, 11) is 0. The molecule has 29 heavy (non-hydrogen) atoms. The Morgan fingerprint density at radius 3 is 2.76 bits per heavy atom. The number of aromatic nitrogens is 1. The van der Waals surface area contributed by atoms with E-state index in [4.69, 9.17) is 4.98 Å². The van der Waals surface area contributed by atoms with Crippen LogP contribution in [0.1, 0.15) is 46.8 Å². The van der Waals surface area contributed by atoms with Crippen molar-refractivity contribution >= 4 is 22.0 Å². The van der Waals surface area contributed by atoms with Gasteiger partial charge in [0.2, 0.25) is 0 Å². The second-order valence-electron chi connectivity index (χ2n) is 8.00. The van der Waals surface area contributed by atoms with E-state index in [1.54, 1.807) is 6.92 Å². The number of fused-ring (bicyclic) bond motifs is 4. The first kappa shape index (κ1) is 17.8. The third kappa shape index (κ3) is 2.79. The molecule has 1 atom stereocenters. The fourth-order valence-corrected chi connectivity index (χ4v) is 5.03. The van der Waals surface area contributed by atoms with E-state index in [0.717, 1.165) is 25.0 Å². The largest absolute Gasteiger partial charge is 0.293 e. The summed E-state index contributed by atoms with van der Waals surface area (Å²) < 4.78 is 0. The molecule has 3 aromatic rings. The van der Waals surface area contributed by atoms with Crippen LogP contribution < -0.4 is 0 Å². The van der Waals surface area contributed by atoms with Gasteiger partial charge in [-0.15, -0.1) is 0 Å². The van der Waals surface area contributed by atoms with Gasteiger partial charge >= 0.3 is 0 Å². The van der Waals surface area contributed by atoms with Gasteiger partial charge in [-0.1, -0.05) is 54.1 Å². The molecule has 0 N–H and O–H groups in total. The van der Waals surface area contributed by atoms with Crippen molar-refractivity contribution in [2.75, 3.05) is 0 Å². The van der Waals surface area contributed by atoms with Crippen molar-refractivity contribution in [1.29, 1.82) is 0 Å². The lowest BCUT2D eigenvalue weighted by Gasteiger charge is -2.32. The van der Waals surface area contributed by atoms with E-state index in [-0.39, 0.29) is 16.5 Å². The zero-order valence-corrected chi connectivity index (χ0v) is 16.6. The second-order valence-corrected chi connectivity index (χ2v) is 8.00. The van der Waals surface area contributed by atoms with Crippen LogP contribution in [0.3, 0.4) is 0 Å². The molecule has 2 aliphatic rings. The van der Waals surface area contributed by atoms with Gasteiger partial charge in [-0.25, -0.2) is 0 Å². The fraction of sp³-hybridized carbons (Fsp3) is 0.240. The highest BCUT2D eigenvalue weighted by molar-refractivity contribution is 5.94. The van der Waals surface area contributed by atoms with Crippen LogP contribution in [0.5, 0.6) is 0 Å². The highest BCUT2D eigenvalue weighted by atomic mass is 16.6. The van der Waals surface area contributed by atoms with Crippen LogP contribution in [0.25, 0.3) is 16.3 Å². The number of pyridine rings is 1. The summed E-state index contributed by atoms with van der Waals surface area (Å²) >= 11 is 0. The molecule has 0 aliphatic heterocycles. The number of nitrogens with zero attached hydrogens (tertiary/aromatic N) is 2. The summed E-state index contributed by atoms with van der Waals surface area (Å²) in [5.41, 5.74) is 7.67. The lowest BCUT2D eigenvalue weighted by molar-refractivity contribution is -0.386. The van der Waals surface area contributed by atoms with Crippen molar-refractivity contribution < 1.29 is 4.92 Å². The van der Waals surface area contributed by atoms with Gasteiger partial charge in [0.05, 0.1) is 4.92 Å². The third-order valence-corrected chi connectivity index (χ3v) is 6.29. The van der Waals surface area contributed by atoms with E-state index < -0.39 is 0 Å². The second kappa shape index (κ2) is 6.66. The van der Waals surface area contributed by atoms with Gasteiger partial charge in [-0.05, 0) is 66.6 Å². The van der Waals surface area contributed by atoms with Crippen molar-refractivity contribution in [2.45, 2.75) is 39.0 Å². The first-order chi connectivity index (χ1) is 14.0. The van der Waals surface area contributed by atoms with Crippen LogP contribution in [0.4, 0.5) is 5.69 Å². The first-order valence-electron chi connectivity index (χ1n) is 10.1. The molecular formula is C25H22N2O2. The summed E-state index contributed by atoms with van der Waals surface area (Å²) in [6.07, 6.45) is 7.43. The Balaban J connectivity index is 1.73. The molecule has 2 aliphatic carbocycles. The molecule has 1 heterocycles. The minimum Gasteiger partial charge on any atom is -0.258 e. The summed E-state index contributed by atoms with van der Waals surface area (Å²) in [5, 5.41) is 14.0. The maximum Gasteiger partial charge on any atom is 0.293 e. The van der Waals surface area contributed by atoms with Crippen molar-refractivity contribution in [2.24, 2.45) is 0 Å². The molecule has 0 spiro atoms. The first-order valence-corrected chi connectivity index (χ1v) is 10.1. The normalized spacial score (nSPS) is 17.9. The molecule has 5 rings (SSSR count). The highest BCUT2D eigenvalue weighted by Crippen LogP contribution is 2.46. The van der Waals surface area contributed by atoms with E-state index >= 15 is 0 Å². The topological polar surface area (TPSA) is 56.0 Å². The van der Waals surface area contributed by atoms with Gasteiger partial charge in [-0.3, -0.25) is 15.1 Å². The quantitative estimate of drug-likeness (QED) is 0.391. The maximum atomic E-state index is 11.4. The minimum atomic E-state index is -0.320. The summed E-state index contributed by atoms with van der Waals surface area (Å²) in [4.78, 5) is 15.8. The Morgan fingerprint density at radius 1 is 1.14 bits per heavy atom. The number of aryl methyl sites for hydroxylation is 2. The van der Waals surface area contributed by atoms with E-state index in [1.165, 1.54) is 33.0 Å². The molecule has 0 bridgehead atoms. The molecule has 4 heteroatoms. The molecule has 0 saturated heterocycles. The smallest absolute Gasteiger partial charge is 0.258 e. The van der Waals surface area contributed by atoms with Crippen LogP contribution in [-0.4, -0.2) is 9.91 Å². The molecule has 0 amide bonds. The van der Waals surface area contributed by atoms with E-state index in [2.05, 4.69) is 48.6 Å². The molecule has 0 fully saturated rings. The number of benzene rings is 2. The maximum absolute atomic E-state index is 11.4. The molecule has 2 aromatic carbocycles. The molecule has 144 valence electrons. The Hall–Kier alpha value is -3.27. The lowest BCUT2D eigenvalue weighted by atomic mass is 9.72. The molecular weight excluding hydrogens is 360 g/mol. The zero-order valence-electron chi connectivity index (χ0n) is 16.6. The Labute approximate surface area is 169 Å². The predicted molar refractivity (Wildman–Crippen MR) is 116 cm³/mol. The van der Waals surface area contributed by atoms with Crippen LogP contribution in [0.15, 0.2) is 60.2 Å². The summed E-state index contributed by atoms with van der Waals surface area (Å²) in [6, 6.07) is 14.9. The SMILES string of the molecule is Cc1cc(C2Cc3c(ccc4ccccc34)C3=C2CCC=C3)nc(C)c1[N+](=O)[O-]. The van der Waals surface area contributed by atoms with Gasteiger partial charge in [0.1, 0.15) is 5.69 Å². The Bertz CT molecular complexity index is 1210. The van der Waals surface area contributed by atoms with Gasteiger partial charge < -0.3 is 0 Å². The van der Waals surface area contributed by atoms with Gasteiger partial charge in [0, 0.05) is 17.2 Å². The van der Waals surface area contributed by atoms with Crippen molar-refractivity contribution in [3.05, 3.63) is 98.4 Å². The lowest BCUT2D eigenvalue weighted by Crippen LogP contribution is -2.18. The number of allylic oxidation sites excluding steroid dienone is 4. The van der Waals surface area contributed by atoms with Crippen molar-refractivity contribution in [1.82, 2.24) is 4.98 Å². The number of nitro groups is 1. The monoisotopic (exact) mass is 382 g/mol. The Morgan fingerprint density at radius 2 is 1.97 bits per heavy atom. The van der Waals surface area contributed by atoms with E-state index in [9.17, 15) is 10.1 Å². The van der Waals surface area contributed by atoms with Crippen molar-refractivity contribution in [3.8, 4) is 0 Å². The Kier molecular flexibility index (Phi) is 4.09. The van der Waals surface area contributed by atoms with Gasteiger partial charge in [0.25, 0.3) is 5.69 Å². The third-order valence-electron chi connectivity index (χ3n) is 6.29. The van der Waals surface area contributed by atoms with Gasteiger partial charge in [0.15, 0.2) is 0 Å². The minimum absolute atomic E-state index is 0.133. The molecule has 1 aromatic heterocycles. The van der Waals surface area contributed by atoms with E-state index in [1.807, 2.05) is 13.0 Å². The molecule has 0 saturated carbocycles. The average Bonchev–Trinajstić information content (AvgIpc) is 2.72. The number of hydrogen-bond donors (Lipinski definition) is 0. The molecule has 4 nitrogen and oxygen atoms in total. The van der Waals surface area contributed by atoms with Crippen LogP contribution in [0, 0.1) is 24.0 Å². The fourth-order valence-electron chi connectivity index (χ4n) is 5.03. The average molecular weight is 382 g/mol. The summed E-state index contributed by atoms with van der Waals surface area (Å²) in [5.74, 6) is 0.159. The van der Waals surface area contributed by atoms with Gasteiger partial charge in [-0.2, -0.15) is 0 Å². The van der Waals surface area contributed by atoms with Crippen molar-refractivity contribution in [3.63, 3.8) is 0 Å². The number of rotatable bonds is 2. The number of hydrogen-bond acceptors (Lipinski definition) is 3. The standard InChI is InChI=1S/C25H22N2O2/c1-15-13-24(26-16(2)25(15)27(28)29)23-14-22-18-8-4-3-7-17(18)11-12-21(22)19-9-5-6-10-20(19)23/h3-5,7-9,11-13,23H,6,10,14H2,1-2H3. The highest BCUT2D eigenvalue weighted by Gasteiger charge is 2.31. The summed E-state index contributed by atoms with van der Waals surface area (Å²) in [6.45, 7) is 3.56. The van der Waals surface area contributed by atoms with Crippen LogP contribution in [-0.2, 0) is 6.42 Å². The molecule has 0 radical (unpaired) electrons. The molecule has 1 unspecified atom stereocenters. The predicted octanol–water partition coefficient (Wildman–Crippen LogP) is 6.20. The zero-order chi connectivity index (χ0) is 20.1. The van der Waals surface area contributed by atoms with Crippen LogP contribution >= 0.6 is 0 Å². The van der Waals surface area contributed by atoms with Crippen LogP contribution in [0.2, 0.25) is 0 Å². The van der Waals surface area contributed by atoms with E-state index in [0.29, 0.717) is 11.3 Å².